The predicted molar refractivity (Wildman–Crippen MR) is 97.7 cm³/mol. The van der Waals surface area contributed by atoms with Gasteiger partial charge in [0.25, 0.3) is 5.91 Å². The van der Waals surface area contributed by atoms with Gasteiger partial charge in [0, 0.05) is 6.54 Å². The van der Waals surface area contributed by atoms with Crippen LogP contribution in [0.3, 0.4) is 0 Å². The number of nitrogens with one attached hydrogen (secondary N) is 1. The third-order valence-corrected chi connectivity index (χ3v) is 6.54. The van der Waals surface area contributed by atoms with Crippen LogP contribution in [0.1, 0.15) is 37.6 Å². The van der Waals surface area contributed by atoms with Crippen LogP contribution in [0.15, 0.2) is 18.5 Å². The van der Waals surface area contributed by atoms with Crippen molar-refractivity contribution < 1.29 is 17.6 Å². The summed E-state index contributed by atoms with van der Waals surface area (Å²) in [5.74, 6) is -0.611. The van der Waals surface area contributed by atoms with Crippen LogP contribution in [0.5, 0.6) is 0 Å². The number of nitrogens with zero attached hydrogens (tertiary/aromatic N) is 3. The van der Waals surface area contributed by atoms with Gasteiger partial charge >= 0.3 is 0 Å². The molecule has 0 aliphatic carbocycles. The highest BCUT2D eigenvalue weighted by molar-refractivity contribution is 7.93. The molecule has 26 heavy (non-hydrogen) atoms. The molecule has 1 aliphatic heterocycles. The second-order valence-electron chi connectivity index (χ2n) is 7.00. The lowest BCUT2D eigenvalue weighted by Crippen LogP contribution is -2.36. The Balaban J connectivity index is 2.14. The summed E-state index contributed by atoms with van der Waals surface area (Å²) in [4.78, 5) is 11.8. The summed E-state index contributed by atoms with van der Waals surface area (Å²) < 4.78 is 41.4. The molecule has 0 radical (unpaired) electrons. The minimum Gasteiger partial charge on any atom is -0.377 e. The molecule has 2 aromatic heterocycles. The molecular formula is C16H22FN5O3S. The Labute approximate surface area is 151 Å². The lowest BCUT2D eigenvalue weighted by molar-refractivity contribution is 0.1000. The van der Waals surface area contributed by atoms with Crippen LogP contribution < -0.4 is 15.4 Å². The summed E-state index contributed by atoms with van der Waals surface area (Å²) in [5.41, 5.74) is 5.23. The molecule has 0 aromatic carbocycles. The maximum Gasteiger partial charge on any atom is 0.252 e. The van der Waals surface area contributed by atoms with Crippen molar-refractivity contribution >= 4 is 32.8 Å². The lowest BCUT2D eigenvalue weighted by Gasteiger charge is -2.26. The quantitative estimate of drug-likeness (QED) is 0.813. The average Bonchev–Trinajstić information content (AvgIpc) is 3.08. The van der Waals surface area contributed by atoms with E-state index in [-0.39, 0.29) is 11.3 Å². The first kappa shape index (κ1) is 18.4. The molecule has 1 unspecified atom stereocenters. The highest BCUT2D eigenvalue weighted by Crippen LogP contribution is 2.32. The first-order valence-corrected chi connectivity index (χ1v) is 9.88. The molecule has 10 heteroatoms. The number of nitrogens with two attached hydrogens (primary N) is 1. The molecule has 1 saturated heterocycles. The summed E-state index contributed by atoms with van der Waals surface area (Å²) in [6, 6.07) is 0.989. The first-order valence-electron chi connectivity index (χ1n) is 8.28. The number of carbonyl (C=O) groups is 1. The van der Waals surface area contributed by atoms with Crippen molar-refractivity contribution in [3.05, 3.63) is 24.0 Å². The molecule has 3 rings (SSSR count). The van der Waals surface area contributed by atoms with Gasteiger partial charge in [0.1, 0.15) is 5.67 Å². The monoisotopic (exact) mass is 383 g/mol. The predicted octanol–water partition coefficient (Wildman–Crippen LogP) is 1.52. The Hall–Kier alpha value is -2.36. The number of alkyl halides is 1. The number of hydrogen-bond acceptors (Lipinski definition) is 5. The highest BCUT2D eigenvalue weighted by Gasteiger charge is 2.31. The third-order valence-electron chi connectivity index (χ3n) is 4.67. The summed E-state index contributed by atoms with van der Waals surface area (Å²) >= 11 is 0. The Bertz CT molecular complexity index is 964. The van der Waals surface area contributed by atoms with Crippen molar-refractivity contribution in [3.8, 4) is 0 Å². The molecule has 0 bridgehead atoms. The molecule has 1 atom stereocenters. The van der Waals surface area contributed by atoms with Gasteiger partial charge in [-0.15, -0.1) is 0 Å². The van der Waals surface area contributed by atoms with Crippen molar-refractivity contribution in [1.29, 1.82) is 0 Å². The van der Waals surface area contributed by atoms with E-state index in [1.807, 2.05) is 0 Å². The van der Waals surface area contributed by atoms with E-state index in [4.69, 9.17) is 5.73 Å². The summed E-state index contributed by atoms with van der Waals surface area (Å²) in [7, 11) is -3.35. The van der Waals surface area contributed by atoms with E-state index in [9.17, 15) is 17.6 Å². The normalized spacial score (nSPS) is 18.2. The van der Waals surface area contributed by atoms with E-state index in [2.05, 4.69) is 10.4 Å². The fraction of sp³-hybridized carbons (Fsp3) is 0.500. The highest BCUT2D eigenvalue weighted by atomic mass is 32.2. The van der Waals surface area contributed by atoms with Gasteiger partial charge in [0.05, 0.1) is 46.6 Å². The number of rotatable bonds is 5. The van der Waals surface area contributed by atoms with Crippen molar-refractivity contribution in [1.82, 2.24) is 9.61 Å². The zero-order chi connectivity index (χ0) is 19.3. The maximum absolute atomic E-state index is 14.3. The third kappa shape index (κ3) is 3.20. The minimum absolute atomic E-state index is 0.0946. The molecule has 1 amide bonds. The molecule has 1 fully saturated rings. The van der Waals surface area contributed by atoms with Crippen LogP contribution in [0.25, 0.3) is 5.52 Å². The van der Waals surface area contributed by atoms with Crippen LogP contribution in [0, 0.1) is 0 Å². The molecule has 0 saturated carbocycles. The van der Waals surface area contributed by atoms with Gasteiger partial charge in [-0.2, -0.15) is 5.10 Å². The fourth-order valence-corrected chi connectivity index (χ4v) is 4.38. The molecule has 3 heterocycles. The van der Waals surface area contributed by atoms with Crippen LogP contribution in [0.4, 0.5) is 15.8 Å². The van der Waals surface area contributed by atoms with Gasteiger partial charge in [-0.3, -0.25) is 9.10 Å². The maximum atomic E-state index is 14.3. The zero-order valence-corrected chi connectivity index (χ0v) is 15.7. The molecule has 8 nitrogen and oxygen atoms in total. The smallest absolute Gasteiger partial charge is 0.252 e. The number of carbonyl (C=O) groups excluding carboxylic acids is 1. The number of amides is 1. The summed E-state index contributed by atoms with van der Waals surface area (Å²) in [5, 5.41) is 7.13. The van der Waals surface area contributed by atoms with Crippen molar-refractivity contribution in [3.63, 3.8) is 0 Å². The minimum atomic E-state index is -3.35. The number of aromatic nitrogens is 2. The van der Waals surface area contributed by atoms with Crippen LogP contribution in [-0.2, 0) is 10.0 Å². The van der Waals surface area contributed by atoms with Gasteiger partial charge in [-0.25, -0.2) is 17.3 Å². The Morgan fingerprint density at radius 2 is 2.15 bits per heavy atom. The van der Waals surface area contributed by atoms with Gasteiger partial charge in [-0.05, 0) is 33.3 Å². The Morgan fingerprint density at radius 3 is 2.69 bits per heavy atom. The number of halogens is 1. The second-order valence-corrected chi connectivity index (χ2v) is 9.01. The molecule has 3 N–H and O–H groups in total. The average molecular weight is 383 g/mol. The molecule has 0 spiro atoms. The molecule has 142 valence electrons. The molecular weight excluding hydrogens is 361 g/mol. The topological polar surface area (TPSA) is 110 Å². The second kappa shape index (κ2) is 6.11. The van der Waals surface area contributed by atoms with Gasteiger partial charge < -0.3 is 11.1 Å². The zero-order valence-electron chi connectivity index (χ0n) is 14.9. The van der Waals surface area contributed by atoms with Crippen LogP contribution in [-0.4, -0.2) is 47.9 Å². The Morgan fingerprint density at radius 1 is 1.46 bits per heavy atom. The van der Waals surface area contributed by atoms with E-state index in [1.54, 1.807) is 19.2 Å². The SMILES string of the molecule is CC(Nc1c(C(N)=O)cnn2cc(N3CCCS3(=O)=O)cc12)C(C)(C)F. The molecule has 2 aromatic rings. The number of sulfonamides is 1. The van der Waals surface area contributed by atoms with E-state index < -0.39 is 27.6 Å². The van der Waals surface area contributed by atoms with Gasteiger partial charge in [0.2, 0.25) is 10.0 Å². The fourth-order valence-electron chi connectivity index (χ4n) is 2.84. The van der Waals surface area contributed by atoms with Crippen molar-refractivity contribution in [2.24, 2.45) is 5.73 Å². The standard InChI is InChI=1S/C16H22FN5O3S/c1-10(16(2,3)17)20-14-12(15(18)23)8-19-21-9-11(7-13(14)21)22-5-4-6-26(22,24)25/h7-10,20H,4-6H2,1-3H3,(H2,18,23). The number of fused-ring (bicyclic) bond motifs is 1. The van der Waals surface area contributed by atoms with Gasteiger partial charge in [-0.1, -0.05) is 0 Å². The Kier molecular flexibility index (Phi) is 4.33. The van der Waals surface area contributed by atoms with E-state index in [0.717, 1.165) is 0 Å². The van der Waals surface area contributed by atoms with Crippen molar-refractivity contribution in [2.75, 3.05) is 21.9 Å². The largest absolute Gasteiger partial charge is 0.377 e. The number of primary amides is 1. The number of anilines is 2. The first-order chi connectivity index (χ1) is 12.0. The van der Waals surface area contributed by atoms with E-state index in [0.29, 0.717) is 29.9 Å². The number of hydrogen-bond donors (Lipinski definition) is 2. The molecule has 1 aliphatic rings. The van der Waals surface area contributed by atoms with Gasteiger partial charge in [0.15, 0.2) is 0 Å². The lowest BCUT2D eigenvalue weighted by atomic mass is 10.0. The van der Waals surface area contributed by atoms with Crippen LogP contribution >= 0.6 is 0 Å². The van der Waals surface area contributed by atoms with Crippen LogP contribution in [0.2, 0.25) is 0 Å². The van der Waals surface area contributed by atoms with E-state index in [1.165, 1.54) is 28.9 Å². The summed E-state index contributed by atoms with van der Waals surface area (Å²) in [6.07, 6.45) is 3.41. The van der Waals surface area contributed by atoms with E-state index >= 15 is 0 Å². The van der Waals surface area contributed by atoms with Crippen molar-refractivity contribution in [2.45, 2.75) is 38.9 Å². The summed E-state index contributed by atoms with van der Waals surface area (Å²) in [6.45, 7) is 4.88.